The predicted molar refractivity (Wildman–Crippen MR) is 82.8 cm³/mol. The van der Waals surface area contributed by atoms with Crippen LogP contribution in [0.4, 0.5) is 0 Å². The number of halogens is 1. The quantitative estimate of drug-likeness (QED) is 0.918. The Morgan fingerprint density at radius 2 is 2.05 bits per heavy atom. The third kappa shape index (κ3) is 3.28. The van der Waals surface area contributed by atoms with Crippen molar-refractivity contribution in [2.24, 2.45) is 0 Å². The molecule has 0 aliphatic heterocycles. The van der Waals surface area contributed by atoms with Gasteiger partial charge in [-0.05, 0) is 31.5 Å². The van der Waals surface area contributed by atoms with Crippen LogP contribution in [0.2, 0.25) is 5.02 Å². The fourth-order valence-corrected chi connectivity index (χ4v) is 4.24. The van der Waals surface area contributed by atoms with Crippen LogP contribution in [0.5, 0.6) is 0 Å². The van der Waals surface area contributed by atoms with Crippen molar-refractivity contribution in [2.45, 2.75) is 32.2 Å². The highest BCUT2D eigenvalue weighted by Gasteiger charge is 2.28. The highest BCUT2D eigenvalue weighted by molar-refractivity contribution is 7.89. The third-order valence-corrected chi connectivity index (χ3v) is 5.68. The van der Waals surface area contributed by atoms with Gasteiger partial charge < -0.3 is 0 Å². The molecular formula is C14H18ClN3O2S. The van der Waals surface area contributed by atoms with E-state index in [0.29, 0.717) is 23.0 Å². The molecule has 0 atom stereocenters. The summed E-state index contributed by atoms with van der Waals surface area (Å²) in [5.41, 5.74) is 1.89. The maximum atomic E-state index is 12.8. The van der Waals surface area contributed by atoms with Gasteiger partial charge in [-0.3, -0.25) is 5.10 Å². The van der Waals surface area contributed by atoms with E-state index >= 15 is 0 Å². The first-order valence-electron chi connectivity index (χ1n) is 6.62. The number of nitrogens with one attached hydrogen (secondary N) is 1. The Balaban J connectivity index is 2.37. The third-order valence-electron chi connectivity index (χ3n) is 3.26. The van der Waals surface area contributed by atoms with Crippen molar-refractivity contribution in [1.82, 2.24) is 14.5 Å². The number of hydrogen-bond donors (Lipinski definition) is 1. The van der Waals surface area contributed by atoms with E-state index in [1.54, 1.807) is 26.0 Å². The largest absolute Gasteiger partial charge is 0.281 e. The molecule has 1 aromatic heterocycles. The molecule has 0 unspecified atom stereocenters. The van der Waals surface area contributed by atoms with Crippen molar-refractivity contribution in [2.75, 3.05) is 6.54 Å². The number of aromatic nitrogens is 2. The molecule has 1 heterocycles. The van der Waals surface area contributed by atoms with Crippen LogP contribution < -0.4 is 0 Å². The Kier molecular flexibility index (Phi) is 4.70. The number of aryl methyl sites for hydroxylation is 2. The van der Waals surface area contributed by atoms with Crippen LogP contribution in [0, 0.1) is 13.8 Å². The van der Waals surface area contributed by atoms with Gasteiger partial charge in [-0.15, -0.1) is 0 Å². The molecule has 7 heteroatoms. The van der Waals surface area contributed by atoms with Crippen molar-refractivity contribution < 1.29 is 8.42 Å². The van der Waals surface area contributed by atoms with Gasteiger partial charge in [0.15, 0.2) is 0 Å². The summed E-state index contributed by atoms with van der Waals surface area (Å²) in [7, 11) is -3.58. The predicted octanol–water partition coefficient (Wildman–Crippen LogP) is 2.89. The Morgan fingerprint density at radius 1 is 1.33 bits per heavy atom. The van der Waals surface area contributed by atoms with Crippen LogP contribution >= 0.6 is 11.6 Å². The monoisotopic (exact) mass is 327 g/mol. The van der Waals surface area contributed by atoms with Crippen LogP contribution in [-0.4, -0.2) is 29.5 Å². The lowest BCUT2D eigenvalue weighted by Crippen LogP contribution is -2.31. The molecule has 0 saturated carbocycles. The number of hydrogen-bond acceptors (Lipinski definition) is 3. The molecule has 21 heavy (non-hydrogen) atoms. The SMILES string of the molecule is CCN(Cc1cccc(Cl)c1)S(=O)(=O)c1c(C)n[nH]c1C. The zero-order valence-electron chi connectivity index (χ0n) is 12.2. The topological polar surface area (TPSA) is 66.1 Å². The Bertz CT molecular complexity index is 721. The molecule has 0 bridgehead atoms. The molecule has 1 N–H and O–H groups in total. The average Bonchev–Trinajstić information content (AvgIpc) is 2.76. The van der Waals surface area contributed by atoms with E-state index in [1.807, 2.05) is 19.1 Å². The highest BCUT2D eigenvalue weighted by Crippen LogP contribution is 2.23. The Morgan fingerprint density at radius 3 is 2.57 bits per heavy atom. The van der Waals surface area contributed by atoms with Crippen molar-refractivity contribution in [3.8, 4) is 0 Å². The highest BCUT2D eigenvalue weighted by atomic mass is 35.5. The van der Waals surface area contributed by atoms with E-state index in [4.69, 9.17) is 11.6 Å². The summed E-state index contributed by atoms with van der Waals surface area (Å²) < 4.78 is 27.0. The maximum absolute atomic E-state index is 12.8. The van der Waals surface area contributed by atoms with Gasteiger partial charge in [0.25, 0.3) is 0 Å². The molecule has 0 saturated heterocycles. The molecule has 0 amide bonds. The number of nitrogens with zero attached hydrogens (tertiary/aromatic N) is 2. The second kappa shape index (κ2) is 6.17. The zero-order chi connectivity index (χ0) is 15.6. The fraction of sp³-hybridized carbons (Fsp3) is 0.357. The van der Waals surface area contributed by atoms with Crippen LogP contribution in [0.3, 0.4) is 0 Å². The minimum atomic E-state index is -3.58. The summed E-state index contributed by atoms with van der Waals surface area (Å²) in [5, 5.41) is 7.28. The smallest absolute Gasteiger partial charge is 0.247 e. The minimum Gasteiger partial charge on any atom is -0.281 e. The number of H-pyrrole nitrogens is 1. The standard InChI is InChI=1S/C14H18ClN3O2S/c1-4-18(9-12-6-5-7-13(15)8-12)21(19,20)14-10(2)16-17-11(14)3/h5-8H,4,9H2,1-3H3,(H,16,17). The van der Waals surface area contributed by atoms with Gasteiger partial charge in [-0.1, -0.05) is 30.7 Å². The molecule has 0 spiro atoms. The van der Waals surface area contributed by atoms with Crippen molar-refractivity contribution in [1.29, 1.82) is 0 Å². The van der Waals surface area contributed by atoms with Crippen LogP contribution in [-0.2, 0) is 16.6 Å². The van der Waals surface area contributed by atoms with Gasteiger partial charge in [0.1, 0.15) is 4.90 Å². The summed E-state index contributed by atoms with van der Waals surface area (Å²) in [6, 6.07) is 7.21. The van der Waals surface area contributed by atoms with E-state index < -0.39 is 10.0 Å². The van der Waals surface area contributed by atoms with Crippen molar-refractivity contribution in [3.05, 3.63) is 46.2 Å². The Hall–Kier alpha value is -1.37. The second-order valence-electron chi connectivity index (χ2n) is 4.82. The molecule has 2 rings (SSSR count). The van der Waals surface area contributed by atoms with Crippen molar-refractivity contribution >= 4 is 21.6 Å². The lowest BCUT2D eigenvalue weighted by atomic mass is 10.2. The van der Waals surface area contributed by atoms with E-state index in [9.17, 15) is 8.42 Å². The van der Waals surface area contributed by atoms with Gasteiger partial charge in [0.2, 0.25) is 10.0 Å². The van der Waals surface area contributed by atoms with Crippen LogP contribution in [0.1, 0.15) is 23.9 Å². The molecule has 0 radical (unpaired) electrons. The lowest BCUT2D eigenvalue weighted by Gasteiger charge is -2.20. The molecule has 1 aromatic carbocycles. The fourth-order valence-electron chi connectivity index (χ4n) is 2.26. The van der Waals surface area contributed by atoms with E-state index in [0.717, 1.165) is 5.56 Å². The summed E-state index contributed by atoms with van der Waals surface area (Å²) >= 11 is 5.95. The van der Waals surface area contributed by atoms with E-state index in [-0.39, 0.29) is 11.4 Å². The maximum Gasteiger partial charge on any atom is 0.247 e. The Labute approximate surface area is 130 Å². The van der Waals surface area contributed by atoms with Crippen LogP contribution in [0.25, 0.3) is 0 Å². The summed E-state index contributed by atoms with van der Waals surface area (Å²) in [5.74, 6) is 0. The number of rotatable bonds is 5. The first-order valence-corrected chi connectivity index (χ1v) is 8.44. The van der Waals surface area contributed by atoms with E-state index in [2.05, 4.69) is 10.2 Å². The van der Waals surface area contributed by atoms with E-state index in [1.165, 1.54) is 4.31 Å². The van der Waals surface area contributed by atoms with Gasteiger partial charge in [-0.25, -0.2) is 8.42 Å². The first kappa shape index (κ1) is 16.0. The summed E-state index contributed by atoms with van der Waals surface area (Å²) in [6.45, 7) is 5.86. The van der Waals surface area contributed by atoms with Crippen molar-refractivity contribution in [3.63, 3.8) is 0 Å². The molecule has 0 fully saturated rings. The molecular weight excluding hydrogens is 310 g/mol. The number of benzene rings is 1. The second-order valence-corrected chi connectivity index (χ2v) is 7.14. The lowest BCUT2D eigenvalue weighted by molar-refractivity contribution is 0.423. The van der Waals surface area contributed by atoms with Gasteiger partial charge in [0.05, 0.1) is 11.4 Å². The van der Waals surface area contributed by atoms with Gasteiger partial charge in [-0.2, -0.15) is 9.40 Å². The minimum absolute atomic E-state index is 0.256. The van der Waals surface area contributed by atoms with Crippen LogP contribution in [0.15, 0.2) is 29.2 Å². The molecule has 5 nitrogen and oxygen atoms in total. The van der Waals surface area contributed by atoms with Gasteiger partial charge in [0, 0.05) is 18.1 Å². The molecule has 114 valence electrons. The normalized spacial score (nSPS) is 12.0. The summed E-state index contributed by atoms with van der Waals surface area (Å²) in [4.78, 5) is 0.256. The summed E-state index contributed by atoms with van der Waals surface area (Å²) in [6.07, 6.45) is 0. The van der Waals surface area contributed by atoms with Gasteiger partial charge >= 0.3 is 0 Å². The molecule has 2 aromatic rings. The first-order chi connectivity index (χ1) is 9.86. The molecule has 0 aliphatic rings. The zero-order valence-corrected chi connectivity index (χ0v) is 13.8. The average molecular weight is 328 g/mol. The number of sulfonamides is 1. The number of aromatic amines is 1. The molecule has 0 aliphatic carbocycles.